The fraction of sp³-hybridized carbons (Fsp3) is 0.833. The first kappa shape index (κ1) is 7.50. The Kier molecular flexibility index (Phi) is 2.24. The maximum atomic E-state index is 10.2. The molecule has 0 unspecified atom stereocenters. The topological polar surface area (TPSA) is 55.8 Å². The molecule has 4 nitrogen and oxygen atoms in total. The molecular weight excluding hydrogens is 136 g/mol. The lowest BCUT2D eigenvalue weighted by Crippen LogP contribution is -2.36. The average Bonchev–Trinajstić information content (AvgIpc) is 1.88. The molecule has 0 amide bonds. The fourth-order valence-corrected chi connectivity index (χ4v) is 0.742. The van der Waals surface area contributed by atoms with E-state index in [1.54, 1.807) is 0 Å². The van der Waals surface area contributed by atoms with E-state index in [0.717, 1.165) is 0 Å². The van der Waals surface area contributed by atoms with Crippen molar-refractivity contribution < 1.29 is 19.4 Å². The first-order valence-corrected chi connectivity index (χ1v) is 3.16. The second-order valence-electron chi connectivity index (χ2n) is 2.44. The van der Waals surface area contributed by atoms with Gasteiger partial charge in [0.25, 0.3) is 6.29 Å². The van der Waals surface area contributed by atoms with Crippen LogP contribution in [0.4, 0.5) is 0 Å². The third kappa shape index (κ3) is 1.68. The van der Waals surface area contributed by atoms with Crippen molar-refractivity contribution in [2.24, 2.45) is 5.92 Å². The maximum absolute atomic E-state index is 10.2. The van der Waals surface area contributed by atoms with Crippen LogP contribution in [-0.4, -0.2) is 30.6 Å². The number of rotatable bonds is 1. The van der Waals surface area contributed by atoms with E-state index in [2.05, 4.69) is 0 Å². The molecule has 1 aliphatic rings. The highest BCUT2D eigenvalue weighted by Gasteiger charge is 2.24. The third-order valence-electron chi connectivity index (χ3n) is 1.27. The minimum absolute atomic E-state index is 0.301. The van der Waals surface area contributed by atoms with Crippen LogP contribution in [0, 0.1) is 5.92 Å². The van der Waals surface area contributed by atoms with Gasteiger partial charge in [0, 0.05) is 5.92 Å². The summed E-state index contributed by atoms with van der Waals surface area (Å²) >= 11 is 0. The Labute approximate surface area is 58.7 Å². The standard InChI is InChI=1S/C6H10O4/c1-4-2-9-6(5(7)8)10-3-4/h4,6H,2-3H2,1H3,(H,7,8). The van der Waals surface area contributed by atoms with Gasteiger partial charge in [-0.2, -0.15) is 0 Å². The summed E-state index contributed by atoms with van der Waals surface area (Å²) in [5, 5.41) is 8.37. The quantitative estimate of drug-likeness (QED) is 0.569. The highest BCUT2D eigenvalue weighted by molar-refractivity contribution is 5.70. The molecule has 0 radical (unpaired) electrons. The fourth-order valence-electron chi connectivity index (χ4n) is 0.742. The number of hydrogen-bond acceptors (Lipinski definition) is 3. The zero-order chi connectivity index (χ0) is 7.56. The van der Waals surface area contributed by atoms with Crippen LogP contribution in [0.1, 0.15) is 6.92 Å². The summed E-state index contributed by atoms with van der Waals surface area (Å²) in [6.07, 6.45) is -1.05. The van der Waals surface area contributed by atoms with Crippen molar-refractivity contribution in [2.45, 2.75) is 13.2 Å². The third-order valence-corrected chi connectivity index (χ3v) is 1.27. The molecule has 0 aliphatic carbocycles. The molecule has 1 heterocycles. The van der Waals surface area contributed by atoms with Crippen LogP contribution in [0.25, 0.3) is 0 Å². The number of ether oxygens (including phenoxy) is 2. The van der Waals surface area contributed by atoms with E-state index in [1.165, 1.54) is 0 Å². The zero-order valence-corrected chi connectivity index (χ0v) is 5.74. The summed E-state index contributed by atoms with van der Waals surface area (Å²) in [7, 11) is 0. The number of carboxylic acids is 1. The zero-order valence-electron chi connectivity index (χ0n) is 5.74. The van der Waals surface area contributed by atoms with Crippen LogP contribution < -0.4 is 0 Å². The molecule has 0 saturated carbocycles. The Bertz CT molecular complexity index is 126. The van der Waals surface area contributed by atoms with Crippen LogP contribution in [0.2, 0.25) is 0 Å². The lowest BCUT2D eigenvalue weighted by atomic mass is 10.2. The van der Waals surface area contributed by atoms with Crippen molar-refractivity contribution in [3.63, 3.8) is 0 Å². The predicted molar refractivity (Wildman–Crippen MR) is 32.5 cm³/mol. The largest absolute Gasteiger partial charge is 0.477 e. The van der Waals surface area contributed by atoms with Crippen molar-refractivity contribution in [2.75, 3.05) is 13.2 Å². The molecule has 0 aromatic carbocycles. The van der Waals surface area contributed by atoms with E-state index in [9.17, 15) is 4.79 Å². The van der Waals surface area contributed by atoms with Gasteiger partial charge in [0.05, 0.1) is 13.2 Å². The predicted octanol–water partition coefficient (Wildman–Crippen LogP) is 0.0800. The average molecular weight is 146 g/mol. The molecule has 1 fully saturated rings. The van der Waals surface area contributed by atoms with Gasteiger partial charge in [-0.15, -0.1) is 0 Å². The van der Waals surface area contributed by atoms with Gasteiger partial charge >= 0.3 is 5.97 Å². The molecule has 4 heteroatoms. The molecule has 0 aromatic rings. The molecule has 0 atom stereocenters. The molecular formula is C6H10O4. The minimum atomic E-state index is -1.05. The molecule has 0 bridgehead atoms. The van der Waals surface area contributed by atoms with Crippen molar-refractivity contribution in [1.82, 2.24) is 0 Å². The first-order valence-electron chi connectivity index (χ1n) is 3.16. The van der Waals surface area contributed by atoms with Crippen LogP contribution >= 0.6 is 0 Å². The van der Waals surface area contributed by atoms with Crippen molar-refractivity contribution in [3.05, 3.63) is 0 Å². The number of carbonyl (C=O) groups is 1. The molecule has 1 rings (SSSR count). The van der Waals surface area contributed by atoms with Gasteiger partial charge < -0.3 is 14.6 Å². The van der Waals surface area contributed by atoms with Gasteiger partial charge in [0.15, 0.2) is 0 Å². The van der Waals surface area contributed by atoms with Gasteiger partial charge in [-0.3, -0.25) is 0 Å². The maximum Gasteiger partial charge on any atom is 0.361 e. The van der Waals surface area contributed by atoms with Gasteiger partial charge in [-0.25, -0.2) is 4.79 Å². The van der Waals surface area contributed by atoms with Crippen LogP contribution in [0.5, 0.6) is 0 Å². The summed E-state index contributed by atoms with van der Waals surface area (Å²) in [6, 6.07) is 0. The molecule has 10 heavy (non-hydrogen) atoms. The van der Waals surface area contributed by atoms with E-state index in [4.69, 9.17) is 14.6 Å². The van der Waals surface area contributed by atoms with Crippen molar-refractivity contribution in [1.29, 1.82) is 0 Å². The van der Waals surface area contributed by atoms with Gasteiger partial charge in [0.2, 0.25) is 0 Å². The first-order chi connectivity index (χ1) is 4.70. The van der Waals surface area contributed by atoms with E-state index < -0.39 is 12.3 Å². The van der Waals surface area contributed by atoms with Crippen LogP contribution in [-0.2, 0) is 14.3 Å². The molecule has 0 spiro atoms. The number of carboxylic acid groups (broad SMARTS) is 1. The number of hydrogen-bond donors (Lipinski definition) is 1. The van der Waals surface area contributed by atoms with Crippen molar-refractivity contribution in [3.8, 4) is 0 Å². The minimum Gasteiger partial charge on any atom is -0.477 e. The highest BCUT2D eigenvalue weighted by Crippen LogP contribution is 2.09. The van der Waals surface area contributed by atoms with E-state index in [0.29, 0.717) is 19.1 Å². The molecule has 58 valence electrons. The molecule has 1 aliphatic heterocycles. The summed E-state index contributed by atoms with van der Waals surface area (Å²) in [5.74, 6) is -0.748. The number of aliphatic carboxylic acids is 1. The van der Waals surface area contributed by atoms with Crippen LogP contribution in [0.15, 0.2) is 0 Å². The summed E-state index contributed by atoms with van der Waals surface area (Å²) in [5.41, 5.74) is 0. The Hall–Kier alpha value is -0.610. The Morgan fingerprint density at radius 2 is 2.00 bits per heavy atom. The lowest BCUT2D eigenvalue weighted by molar-refractivity contribution is -0.215. The SMILES string of the molecule is CC1COC(C(=O)O)OC1. The second kappa shape index (κ2) is 2.98. The highest BCUT2D eigenvalue weighted by atomic mass is 16.7. The summed E-state index contributed by atoms with van der Waals surface area (Å²) < 4.78 is 9.66. The van der Waals surface area contributed by atoms with Crippen LogP contribution in [0.3, 0.4) is 0 Å². The van der Waals surface area contributed by atoms with E-state index in [-0.39, 0.29) is 0 Å². The van der Waals surface area contributed by atoms with Gasteiger partial charge in [-0.05, 0) is 0 Å². The second-order valence-corrected chi connectivity index (χ2v) is 2.44. The summed E-state index contributed by atoms with van der Waals surface area (Å²) in [4.78, 5) is 10.2. The molecule has 1 N–H and O–H groups in total. The molecule has 0 aromatic heterocycles. The van der Waals surface area contributed by atoms with E-state index >= 15 is 0 Å². The smallest absolute Gasteiger partial charge is 0.361 e. The Balaban J connectivity index is 2.33. The Morgan fingerprint density at radius 1 is 1.50 bits per heavy atom. The van der Waals surface area contributed by atoms with E-state index in [1.807, 2.05) is 6.92 Å². The normalized spacial score (nSPS) is 33.7. The Morgan fingerprint density at radius 3 is 2.40 bits per heavy atom. The van der Waals surface area contributed by atoms with Gasteiger partial charge in [-0.1, -0.05) is 6.92 Å². The summed E-state index contributed by atoms with van der Waals surface area (Å²) in [6.45, 7) is 2.88. The molecule has 1 saturated heterocycles. The van der Waals surface area contributed by atoms with Gasteiger partial charge in [0.1, 0.15) is 0 Å². The van der Waals surface area contributed by atoms with Crippen molar-refractivity contribution >= 4 is 5.97 Å². The monoisotopic (exact) mass is 146 g/mol. The lowest BCUT2D eigenvalue weighted by Gasteiger charge is -2.23.